The van der Waals surface area contributed by atoms with Crippen LogP contribution in [0.4, 0.5) is 11.4 Å². The molecule has 0 aliphatic heterocycles. The molecule has 0 fully saturated rings. The third kappa shape index (κ3) is 4.19. The maximum absolute atomic E-state index is 12.0. The van der Waals surface area contributed by atoms with Gasteiger partial charge in [0.25, 0.3) is 0 Å². The van der Waals surface area contributed by atoms with E-state index in [1.165, 1.54) is 0 Å². The molecule has 0 unspecified atom stereocenters. The Morgan fingerprint density at radius 2 is 0.864 bits per heavy atom. The Balaban J connectivity index is 2.07. The van der Waals surface area contributed by atoms with Crippen LogP contribution < -0.4 is 10.6 Å². The van der Waals surface area contributed by atoms with Gasteiger partial charge >= 0.3 is 11.8 Å². The minimum Gasteiger partial charge on any atom is -0.318 e. The van der Waals surface area contributed by atoms with Crippen LogP contribution in [-0.4, -0.2) is 11.8 Å². The first kappa shape index (κ1) is 15.8. The number of hydrogen-bond acceptors (Lipinski definition) is 2. The number of carbonyl (C=O) groups is 2. The molecule has 0 radical (unpaired) electrons. The molecule has 0 atom stereocenters. The molecular weight excluding hydrogens is 276 g/mol. The fourth-order valence-corrected chi connectivity index (χ4v) is 2.47. The van der Waals surface area contributed by atoms with Gasteiger partial charge in [0.2, 0.25) is 0 Å². The maximum Gasteiger partial charge on any atom is 0.314 e. The molecule has 0 heterocycles. The summed E-state index contributed by atoms with van der Waals surface area (Å²) >= 11 is 0. The third-order valence-electron chi connectivity index (χ3n) is 3.17. The minimum atomic E-state index is -0.677. The van der Waals surface area contributed by atoms with E-state index in [2.05, 4.69) is 10.6 Å². The van der Waals surface area contributed by atoms with E-state index >= 15 is 0 Å². The van der Waals surface area contributed by atoms with Crippen molar-refractivity contribution in [2.75, 3.05) is 10.6 Å². The van der Waals surface area contributed by atoms with Crippen LogP contribution in [-0.2, 0) is 9.59 Å². The van der Waals surface area contributed by atoms with Crippen LogP contribution >= 0.6 is 0 Å². The first-order valence-corrected chi connectivity index (χ1v) is 7.12. The van der Waals surface area contributed by atoms with E-state index in [4.69, 9.17) is 0 Å². The SMILES string of the molecule is Cc1cc(C)cc(NC(=O)C(=O)Nc2cc(C)cc(C)c2)c1. The molecule has 2 aromatic rings. The van der Waals surface area contributed by atoms with Crippen LogP contribution in [0.2, 0.25) is 0 Å². The lowest BCUT2D eigenvalue weighted by molar-refractivity contribution is -0.132. The van der Waals surface area contributed by atoms with Gasteiger partial charge in [-0.3, -0.25) is 9.59 Å². The fraction of sp³-hybridized carbons (Fsp3) is 0.222. The zero-order valence-electron chi connectivity index (χ0n) is 13.3. The number of hydrogen-bond donors (Lipinski definition) is 2. The van der Waals surface area contributed by atoms with Gasteiger partial charge in [-0.15, -0.1) is 0 Å². The first-order valence-electron chi connectivity index (χ1n) is 7.12. The standard InChI is InChI=1S/C18H20N2O2/c1-11-5-12(2)8-15(7-11)19-17(21)18(22)20-16-9-13(3)6-14(4)10-16/h5-10H,1-4H3,(H,19,21)(H,20,22). The van der Waals surface area contributed by atoms with E-state index in [1.807, 2.05) is 64.1 Å². The molecule has 2 N–H and O–H groups in total. The van der Waals surface area contributed by atoms with Gasteiger partial charge in [0.05, 0.1) is 0 Å². The van der Waals surface area contributed by atoms with Crippen LogP contribution in [0.5, 0.6) is 0 Å². The average molecular weight is 296 g/mol. The molecule has 0 aliphatic carbocycles. The lowest BCUT2D eigenvalue weighted by atomic mass is 10.1. The van der Waals surface area contributed by atoms with E-state index in [0.29, 0.717) is 11.4 Å². The van der Waals surface area contributed by atoms with Gasteiger partial charge in [-0.2, -0.15) is 0 Å². The highest BCUT2D eigenvalue weighted by Gasteiger charge is 2.14. The molecule has 0 saturated heterocycles. The molecule has 114 valence electrons. The van der Waals surface area contributed by atoms with Crippen LogP contribution in [0, 0.1) is 27.7 Å². The monoisotopic (exact) mass is 296 g/mol. The Bertz CT molecular complexity index is 632. The number of anilines is 2. The zero-order chi connectivity index (χ0) is 16.3. The Morgan fingerprint density at radius 1 is 0.591 bits per heavy atom. The Hall–Kier alpha value is -2.62. The van der Waals surface area contributed by atoms with Crippen LogP contribution in [0.15, 0.2) is 36.4 Å². The zero-order valence-corrected chi connectivity index (χ0v) is 13.3. The largest absolute Gasteiger partial charge is 0.318 e. The molecule has 0 aliphatic rings. The first-order chi connectivity index (χ1) is 10.3. The molecule has 0 bridgehead atoms. The van der Waals surface area contributed by atoms with Gasteiger partial charge < -0.3 is 10.6 Å². The summed E-state index contributed by atoms with van der Waals surface area (Å²) in [6.45, 7) is 7.77. The lowest BCUT2D eigenvalue weighted by Gasteiger charge is -2.09. The summed E-state index contributed by atoms with van der Waals surface area (Å²) in [4.78, 5) is 24.0. The lowest BCUT2D eigenvalue weighted by Crippen LogP contribution is -2.29. The predicted octanol–water partition coefficient (Wildman–Crippen LogP) is 3.50. The van der Waals surface area contributed by atoms with E-state index in [-0.39, 0.29) is 0 Å². The fourth-order valence-electron chi connectivity index (χ4n) is 2.47. The Morgan fingerprint density at radius 3 is 1.14 bits per heavy atom. The molecule has 4 nitrogen and oxygen atoms in total. The van der Waals surface area contributed by atoms with Crippen LogP contribution in [0.1, 0.15) is 22.3 Å². The number of aryl methyl sites for hydroxylation is 4. The summed E-state index contributed by atoms with van der Waals surface area (Å²) in [5.74, 6) is -1.35. The van der Waals surface area contributed by atoms with E-state index in [0.717, 1.165) is 22.3 Å². The van der Waals surface area contributed by atoms with Crippen molar-refractivity contribution in [3.8, 4) is 0 Å². The molecule has 22 heavy (non-hydrogen) atoms. The van der Waals surface area contributed by atoms with Gasteiger partial charge in [-0.1, -0.05) is 12.1 Å². The van der Waals surface area contributed by atoms with E-state index in [1.54, 1.807) is 0 Å². The summed E-state index contributed by atoms with van der Waals surface area (Å²) in [6, 6.07) is 11.3. The maximum atomic E-state index is 12.0. The number of benzene rings is 2. The second-order valence-corrected chi connectivity index (χ2v) is 5.66. The number of rotatable bonds is 2. The smallest absolute Gasteiger partial charge is 0.314 e. The van der Waals surface area contributed by atoms with E-state index < -0.39 is 11.8 Å². The highest BCUT2D eigenvalue weighted by Crippen LogP contribution is 2.15. The molecule has 0 saturated carbocycles. The third-order valence-corrected chi connectivity index (χ3v) is 3.17. The van der Waals surface area contributed by atoms with Crippen LogP contribution in [0.25, 0.3) is 0 Å². The molecule has 2 rings (SSSR count). The van der Waals surface area contributed by atoms with Crippen LogP contribution in [0.3, 0.4) is 0 Å². The van der Waals surface area contributed by atoms with Crippen molar-refractivity contribution < 1.29 is 9.59 Å². The summed E-state index contributed by atoms with van der Waals surface area (Å²) in [7, 11) is 0. The van der Waals surface area contributed by atoms with E-state index in [9.17, 15) is 9.59 Å². The van der Waals surface area contributed by atoms with Crippen molar-refractivity contribution in [2.24, 2.45) is 0 Å². The van der Waals surface area contributed by atoms with Crippen molar-refractivity contribution in [2.45, 2.75) is 27.7 Å². The summed E-state index contributed by atoms with van der Waals surface area (Å²) < 4.78 is 0. The summed E-state index contributed by atoms with van der Waals surface area (Å²) in [6.07, 6.45) is 0. The number of nitrogens with one attached hydrogen (secondary N) is 2. The van der Waals surface area contributed by atoms with Crippen molar-refractivity contribution in [3.63, 3.8) is 0 Å². The normalized spacial score (nSPS) is 10.2. The van der Waals surface area contributed by atoms with Gasteiger partial charge in [0, 0.05) is 11.4 Å². The highest BCUT2D eigenvalue weighted by atomic mass is 16.2. The molecule has 2 aromatic carbocycles. The highest BCUT2D eigenvalue weighted by molar-refractivity contribution is 6.43. The molecule has 0 aromatic heterocycles. The Labute approximate surface area is 130 Å². The van der Waals surface area contributed by atoms with Gasteiger partial charge in [-0.05, 0) is 74.2 Å². The van der Waals surface area contributed by atoms with Crippen molar-refractivity contribution in [1.29, 1.82) is 0 Å². The minimum absolute atomic E-state index is 0.623. The number of carbonyl (C=O) groups excluding carboxylic acids is 2. The topological polar surface area (TPSA) is 58.2 Å². The molecule has 2 amide bonds. The van der Waals surface area contributed by atoms with Gasteiger partial charge in [-0.25, -0.2) is 0 Å². The quantitative estimate of drug-likeness (QED) is 0.833. The molecule has 4 heteroatoms. The summed E-state index contributed by atoms with van der Waals surface area (Å²) in [5.41, 5.74) is 5.38. The van der Waals surface area contributed by atoms with Crippen molar-refractivity contribution in [3.05, 3.63) is 58.7 Å². The molecular formula is C18H20N2O2. The Kier molecular flexibility index (Phi) is 4.61. The van der Waals surface area contributed by atoms with Gasteiger partial charge in [0.15, 0.2) is 0 Å². The second kappa shape index (κ2) is 6.43. The average Bonchev–Trinajstić information content (AvgIpc) is 2.35. The molecule has 0 spiro atoms. The number of amides is 2. The predicted molar refractivity (Wildman–Crippen MR) is 89.1 cm³/mol. The van der Waals surface area contributed by atoms with Crippen molar-refractivity contribution >= 4 is 23.2 Å². The van der Waals surface area contributed by atoms with Gasteiger partial charge in [0.1, 0.15) is 0 Å². The van der Waals surface area contributed by atoms with Crippen molar-refractivity contribution in [1.82, 2.24) is 0 Å². The second-order valence-electron chi connectivity index (χ2n) is 5.66. The summed E-state index contributed by atoms with van der Waals surface area (Å²) in [5, 5.41) is 5.24.